The molecule has 3 aliphatic heterocycles. The third-order valence-corrected chi connectivity index (χ3v) is 5.58. The Kier molecular flexibility index (Phi) is 4.82. The van der Waals surface area contributed by atoms with Gasteiger partial charge < -0.3 is 15.3 Å². The van der Waals surface area contributed by atoms with Gasteiger partial charge in [-0.2, -0.15) is 0 Å². The Hall–Kier alpha value is -0.650. The van der Waals surface area contributed by atoms with Crippen molar-refractivity contribution < 1.29 is 9.90 Å². The number of carbonyl (C=O) groups is 1. The van der Waals surface area contributed by atoms with Crippen LogP contribution in [0.25, 0.3) is 0 Å². The van der Waals surface area contributed by atoms with Gasteiger partial charge in [-0.05, 0) is 58.7 Å². The van der Waals surface area contributed by atoms with Crippen LogP contribution in [-0.4, -0.2) is 71.7 Å². The van der Waals surface area contributed by atoms with Gasteiger partial charge in [0.1, 0.15) is 0 Å². The van der Waals surface area contributed by atoms with Gasteiger partial charge in [0.15, 0.2) is 0 Å². The molecule has 3 heterocycles. The van der Waals surface area contributed by atoms with Gasteiger partial charge in [0.25, 0.3) is 0 Å². The van der Waals surface area contributed by atoms with Crippen LogP contribution in [0.5, 0.6) is 0 Å². The highest BCUT2D eigenvalue weighted by Crippen LogP contribution is 2.28. The van der Waals surface area contributed by atoms with Crippen LogP contribution >= 0.6 is 0 Å². The zero-order valence-electron chi connectivity index (χ0n) is 13.1. The van der Waals surface area contributed by atoms with Gasteiger partial charge in [-0.15, -0.1) is 0 Å². The second-order valence-electron chi connectivity index (χ2n) is 6.95. The highest BCUT2D eigenvalue weighted by Gasteiger charge is 2.40. The van der Waals surface area contributed by atoms with Crippen molar-refractivity contribution in [3.8, 4) is 0 Å². The lowest BCUT2D eigenvalue weighted by Crippen LogP contribution is -2.51. The second kappa shape index (κ2) is 6.63. The van der Waals surface area contributed by atoms with E-state index in [1.54, 1.807) is 0 Å². The summed E-state index contributed by atoms with van der Waals surface area (Å²) in [5, 5.41) is 13.1. The lowest BCUT2D eigenvalue weighted by molar-refractivity contribution is -0.136. The lowest BCUT2D eigenvalue weighted by Gasteiger charge is -2.36. The first-order chi connectivity index (χ1) is 10.2. The molecule has 0 saturated carbocycles. The molecule has 0 aromatic heterocycles. The summed E-state index contributed by atoms with van der Waals surface area (Å²) in [6.45, 7) is 6.65. The molecule has 3 aliphatic rings. The van der Waals surface area contributed by atoms with E-state index in [2.05, 4.69) is 10.2 Å². The van der Waals surface area contributed by atoms with Crippen molar-refractivity contribution >= 4 is 5.91 Å². The summed E-state index contributed by atoms with van der Waals surface area (Å²) in [6, 6.07) is 0.679. The third kappa shape index (κ3) is 3.25. The van der Waals surface area contributed by atoms with Gasteiger partial charge in [0.05, 0.1) is 12.1 Å². The van der Waals surface area contributed by atoms with Crippen molar-refractivity contribution in [2.24, 2.45) is 5.92 Å². The summed E-state index contributed by atoms with van der Waals surface area (Å²) in [4.78, 5) is 17.3. The molecule has 1 amide bonds. The summed E-state index contributed by atoms with van der Waals surface area (Å²) >= 11 is 0. The SMILES string of the molecule is CC(O)C1CCN(C(=O)C2CCCN2C2CCNCC2)C1. The molecule has 2 N–H and O–H groups in total. The number of nitrogens with one attached hydrogen (secondary N) is 1. The van der Waals surface area contributed by atoms with Crippen molar-refractivity contribution in [3.05, 3.63) is 0 Å². The zero-order valence-corrected chi connectivity index (χ0v) is 13.1. The second-order valence-corrected chi connectivity index (χ2v) is 6.95. The number of piperidine rings is 1. The minimum absolute atomic E-state index is 0.0980. The average molecular weight is 295 g/mol. The molecule has 0 aliphatic carbocycles. The minimum Gasteiger partial charge on any atom is -0.393 e. The Balaban J connectivity index is 1.61. The first kappa shape index (κ1) is 15.3. The van der Waals surface area contributed by atoms with E-state index in [1.165, 1.54) is 12.8 Å². The summed E-state index contributed by atoms with van der Waals surface area (Å²) in [6.07, 6.45) is 5.14. The van der Waals surface area contributed by atoms with Crippen LogP contribution in [-0.2, 0) is 4.79 Å². The highest BCUT2D eigenvalue weighted by molar-refractivity contribution is 5.82. The number of amides is 1. The van der Waals surface area contributed by atoms with Crippen LogP contribution < -0.4 is 5.32 Å². The molecule has 0 aromatic rings. The number of rotatable bonds is 3. The van der Waals surface area contributed by atoms with Gasteiger partial charge in [-0.25, -0.2) is 0 Å². The third-order valence-electron chi connectivity index (χ3n) is 5.58. The molecule has 5 nitrogen and oxygen atoms in total. The number of likely N-dealkylation sites (tertiary alicyclic amines) is 2. The molecule has 21 heavy (non-hydrogen) atoms. The van der Waals surface area contributed by atoms with Crippen molar-refractivity contribution in [2.45, 2.75) is 57.2 Å². The number of nitrogens with zero attached hydrogens (tertiary/aromatic N) is 2. The van der Waals surface area contributed by atoms with Crippen molar-refractivity contribution in [3.63, 3.8) is 0 Å². The molecule has 120 valence electrons. The molecule has 3 fully saturated rings. The molecule has 0 spiro atoms. The maximum absolute atomic E-state index is 12.9. The Bertz CT molecular complexity index is 369. The number of hydrogen-bond acceptors (Lipinski definition) is 4. The van der Waals surface area contributed by atoms with Gasteiger partial charge >= 0.3 is 0 Å². The molecule has 3 saturated heterocycles. The van der Waals surface area contributed by atoms with Crippen molar-refractivity contribution in [1.82, 2.24) is 15.1 Å². The maximum Gasteiger partial charge on any atom is 0.239 e. The molecule has 3 atom stereocenters. The molecule has 0 aromatic carbocycles. The van der Waals surface area contributed by atoms with E-state index in [4.69, 9.17) is 0 Å². The van der Waals surface area contributed by atoms with Crippen molar-refractivity contribution in [2.75, 3.05) is 32.7 Å². The van der Waals surface area contributed by atoms with E-state index in [-0.39, 0.29) is 18.1 Å². The normalized spacial score (nSPS) is 33.5. The van der Waals surface area contributed by atoms with E-state index in [0.29, 0.717) is 11.9 Å². The minimum atomic E-state index is -0.299. The predicted molar refractivity (Wildman–Crippen MR) is 82.0 cm³/mol. The number of carbonyl (C=O) groups excluding carboxylic acids is 1. The Labute approximate surface area is 127 Å². The molecular weight excluding hydrogens is 266 g/mol. The van der Waals surface area contributed by atoms with Gasteiger partial charge in [-0.3, -0.25) is 9.69 Å². The average Bonchev–Trinajstić information content (AvgIpc) is 3.17. The molecule has 3 rings (SSSR count). The topological polar surface area (TPSA) is 55.8 Å². The smallest absolute Gasteiger partial charge is 0.239 e. The fourth-order valence-electron chi connectivity index (χ4n) is 4.22. The molecular formula is C16H29N3O2. The van der Waals surface area contributed by atoms with Crippen LogP contribution in [0.4, 0.5) is 0 Å². The standard InChI is InChI=1S/C16H29N3O2/c1-12(20)13-6-10-18(11-13)16(21)15-3-2-9-19(15)14-4-7-17-8-5-14/h12-15,17,20H,2-11H2,1H3. The van der Waals surface area contributed by atoms with Crippen molar-refractivity contribution in [1.29, 1.82) is 0 Å². The first-order valence-electron chi connectivity index (χ1n) is 8.60. The zero-order chi connectivity index (χ0) is 14.8. The van der Waals surface area contributed by atoms with Crippen LogP contribution in [0.2, 0.25) is 0 Å². The van der Waals surface area contributed by atoms with Crippen LogP contribution in [0.3, 0.4) is 0 Å². The van der Waals surface area contributed by atoms with E-state index in [9.17, 15) is 9.90 Å². The maximum atomic E-state index is 12.9. The Morgan fingerprint density at radius 2 is 1.95 bits per heavy atom. The molecule has 0 bridgehead atoms. The number of hydrogen-bond donors (Lipinski definition) is 2. The molecule has 0 radical (unpaired) electrons. The number of aliphatic hydroxyl groups excluding tert-OH is 1. The quantitative estimate of drug-likeness (QED) is 0.793. The summed E-state index contributed by atoms with van der Waals surface area (Å²) in [5.41, 5.74) is 0. The van der Waals surface area contributed by atoms with E-state index in [0.717, 1.165) is 52.0 Å². The van der Waals surface area contributed by atoms with E-state index in [1.807, 2.05) is 11.8 Å². The van der Waals surface area contributed by atoms with Gasteiger partial charge in [0, 0.05) is 25.0 Å². The number of aliphatic hydroxyl groups is 1. The largest absolute Gasteiger partial charge is 0.393 e. The fourth-order valence-corrected chi connectivity index (χ4v) is 4.22. The summed E-state index contributed by atoms with van der Waals surface area (Å²) in [5.74, 6) is 0.580. The van der Waals surface area contributed by atoms with Gasteiger partial charge in [0.2, 0.25) is 5.91 Å². The van der Waals surface area contributed by atoms with Crippen LogP contribution in [0, 0.1) is 5.92 Å². The lowest BCUT2D eigenvalue weighted by atomic mass is 10.0. The fraction of sp³-hybridized carbons (Fsp3) is 0.938. The summed E-state index contributed by atoms with van der Waals surface area (Å²) < 4.78 is 0. The first-order valence-corrected chi connectivity index (χ1v) is 8.60. The monoisotopic (exact) mass is 295 g/mol. The van der Waals surface area contributed by atoms with Crippen LogP contribution in [0.15, 0.2) is 0 Å². The predicted octanol–water partition coefficient (Wildman–Crippen LogP) is 0.432. The molecule has 5 heteroatoms. The Morgan fingerprint density at radius 1 is 1.19 bits per heavy atom. The van der Waals surface area contributed by atoms with Crippen LogP contribution in [0.1, 0.15) is 39.0 Å². The highest BCUT2D eigenvalue weighted by atomic mass is 16.3. The van der Waals surface area contributed by atoms with E-state index < -0.39 is 0 Å². The van der Waals surface area contributed by atoms with Gasteiger partial charge in [-0.1, -0.05) is 0 Å². The molecule has 3 unspecified atom stereocenters. The Morgan fingerprint density at radius 3 is 2.62 bits per heavy atom. The summed E-state index contributed by atoms with van der Waals surface area (Å²) in [7, 11) is 0. The van der Waals surface area contributed by atoms with E-state index >= 15 is 0 Å².